The van der Waals surface area contributed by atoms with Crippen LogP contribution in [0.4, 0.5) is 0 Å². The Morgan fingerprint density at radius 1 is 1.15 bits per heavy atom. The Bertz CT molecular complexity index is 626. The lowest BCUT2D eigenvalue weighted by molar-refractivity contribution is 0.0734. The first-order valence-corrected chi connectivity index (χ1v) is 6.76. The summed E-state index contributed by atoms with van der Waals surface area (Å²) < 4.78 is 10.6. The number of benzene rings is 2. The Hall–Kier alpha value is -1.71. The van der Waals surface area contributed by atoms with Gasteiger partial charge in [0.25, 0.3) is 0 Å². The maximum absolute atomic E-state index is 12.0. The summed E-state index contributed by atoms with van der Waals surface area (Å²) in [5, 5.41) is 0.764. The van der Waals surface area contributed by atoms with Gasteiger partial charge in [-0.3, -0.25) is 0 Å². The Balaban J connectivity index is 2.17. The van der Waals surface area contributed by atoms with Crippen LogP contribution in [0.2, 0.25) is 10.0 Å². The maximum Gasteiger partial charge on any atom is 0.343 e. The molecule has 2 rings (SSSR count). The largest absolute Gasteiger partial charge is 0.494 e. The van der Waals surface area contributed by atoms with Crippen LogP contribution in [0.25, 0.3) is 0 Å². The van der Waals surface area contributed by atoms with E-state index in [-0.39, 0.29) is 10.8 Å². The summed E-state index contributed by atoms with van der Waals surface area (Å²) in [7, 11) is 0. The number of esters is 1. The third kappa shape index (κ3) is 3.65. The molecule has 0 saturated heterocycles. The molecule has 0 aliphatic rings. The van der Waals surface area contributed by atoms with Crippen molar-refractivity contribution in [3.05, 3.63) is 58.1 Å². The molecule has 0 radical (unpaired) electrons. The van der Waals surface area contributed by atoms with Gasteiger partial charge in [-0.25, -0.2) is 4.79 Å². The highest BCUT2D eigenvalue weighted by molar-refractivity contribution is 6.35. The number of rotatable bonds is 4. The van der Waals surface area contributed by atoms with E-state index in [0.29, 0.717) is 22.9 Å². The molecule has 0 N–H and O–H groups in total. The van der Waals surface area contributed by atoms with Gasteiger partial charge in [0.15, 0.2) is 0 Å². The van der Waals surface area contributed by atoms with E-state index in [1.807, 2.05) is 6.92 Å². The van der Waals surface area contributed by atoms with Crippen molar-refractivity contribution in [2.45, 2.75) is 6.92 Å². The predicted octanol–water partition coefficient (Wildman–Crippen LogP) is 4.61. The summed E-state index contributed by atoms with van der Waals surface area (Å²) in [6.07, 6.45) is 0. The zero-order valence-corrected chi connectivity index (χ0v) is 12.2. The normalized spacial score (nSPS) is 10.2. The standard InChI is InChI=1S/C15H12Cl2O3/c1-2-19-12-5-3-4-10(8-12)15(18)20-14-7-6-11(16)9-13(14)17/h3-9H,2H2,1H3. The number of ether oxygens (including phenoxy) is 2. The second kappa shape index (κ2) is 6.64. The monoisotopic (exact) mass is 310 g/mol. The lowest BCUT2D eigenvalue weighted by atomic mass is 10.2. The first-order chi connectivity index (χ1) is 9.60. The minimum Gasteiger partial charge on any atom is -0.494 e. The van der Waals surface area contributed by atoms with Crippen LogP contribution in [0, 0.1) is 0 Å². The fourth-order valence-corrected chi connectivity index (χ4v) is 2.04. The number of carbonyl (C=O) groups is 1. The average Bonchev–Trinajstić information content (AvgIpc) is 2.42. The van der Waals surface area contributed by atoms with Gasteiger partial charge in [-0.15, -0.1) is 0 Å². The second-order valence-corrected chi connectivity index (χ2v) is 4.77. The van der Waals surface area contributed by atoms with Crippen molar-refractivity contribution in [1.29, 1.82) is 0 Å². The van der Waals surface area contributed by atoms with E-state index in [1.165, 1.54) is 6.07 Å². The molecule has 2 aromatic carbocycles. The summed E-state index contributed by atoms with van der Waals surface area (Å²) in [5.74, 6) is 0.378. The molecule has 5 heteroatoms. The topological polar surface area (TPSA) is 35.5 Å². The van der Waals surface area contributed by atoms with Gasteiger partial charge in [0, 0.05) is 5.02 Å². The van der Waals surface area contributed by atoms with Gasteiger partial charge in [0.1, 0.15) is 11.5 Å². The molecule has 0 unspecified atom stereocenters. The molecular formula is C15H12Cl2O3. The van der Waals surface area contributed by atoms with E-state index in [9.17, 15) is 4.79 Å². The summed E-state index contributed by atoms with van der Waals surface area (Å²) in [6.45, 7) is 2.40. The quantitative estimate of drug-likeness (QED) is 0.611. The van der Waals surface area contributed by atoms with Crippen molar-refractivity contribution in [2.24, 2.45) is 0 Å². The van der Waals surface area contributed by atoms with Crippen molar-refractivity contribution >= 4 is 29.2 Å². The molecule has 3 nitrogen and oxygen atoms in total. The van der Waals surface area contributed by atoms with Crippen LogP contribution in [-0.2, 0) is 0 Å². The molecule has 104 valence electrons. The Morgan fingerprint density at radius 3 is 2.65 bits per heavy atom. The van der Waals surface area contributed by atoms with E-state index in [0.717, 1.165) is 0 Å². The molecule has 0 saturated carbocycles. The van der Waals surface area contributed by atoms with E-state index >= 15 is 0 Å². The third-order valence-corrected chi connectivity index (χ3v) is 3.01. The molecule has 2 aromatic rings. The molecule has 0 aromatic heterocycles. The van der Waals surface area contributed by atoms with Crippen LogP contribution in [-0.4, -0.2) is 12.6 Å². The van der Waals surface area contributed by atoms with Crippen molar-refractivity contribution in [3.63, 3.8) is 0 Å². The number of hydrogen-bond donors (Lipinski definition) is 0. The molecule has 0 bridgehead atoms. The Kier molecular flexibility index (Phi) is 4.88. The van der Waals surface area contributed by atoms with E-state index in [2.05, 4.69) is 0 Å². The molecule has 0 aliphatic carbocycles. The molecule has 0 atom stereocenters. The van der Waals surface area contributed by atoms with Gasteiger partial charge >= 0.3 is 5.97 Å². The zero-order chi connectivity index (χ0) is 14.5. The lowest BCUT2D eigenvalue weighted by Gasteiger charge is -2.08. The van der Waals surface area contributed by atoms with Crippen LogP contribution in [0.5, 0.6) is 11.5 Å². The molecule has 0 heterocycles. The SMILES string of the molecule is CCOc1cccc(C(=O)Oc2ccc(Cl)cc2Cl)c1. The highest BCUT2D eigenvalue weighted by Gasteiger charge is 2.12. The van der Waals surface area contributed by atoms with Crippen molar-refractivity contribution in [1.82, 2.24) is 0 Å². The van der Waals surface area contributed by atoms with Crippen LogP contribution < -0.4 is 9.47 Å². The molecule has 0 aliphatic heterocycles. The summed E-state index contributed by atoms with van der Waals surface area (Å²) in [4.78, 5) is 12.0. The Labute approximate surface area is 127 Å². The fourth-order valence-electron chi connectivity index (χ4n) is 1.60. The van der Waals surface area contributed by atoms with Gasteiger partial charge in [-0.1, -0.05) is 29.3 Å². The van der Waals surface area contributed by atoms with Crippen LogP contribution >= 0.6 is 23.2 Å². The average molecular weight is 311 g/mol. The first-order valence-electron chi connectivity index (χ1n) is 6.00. The fraction of sp³-hybridized carbons (Fsp3) is 0.133. The van der Waals surface area contributed by atoms with Crippen molar-refractivity contribution in [3.8, 4) is 11.5 Å². The molecule has 20 heavy (non-hydrogen) atoms. The molecule has 0 fully saturated rings. The maximum atomic E-state index is 12.0. The van der Waals surface area contributed by atoms with E-state index in [1.54, 1.807) is 36.4 Å². The van der Waals surface area contributed by atoms with Gasteiger partial charge in [-0.05, 0) is 43.3 Å². The van der Waals surface area contributed by atoms with Crippen LogP contribution in [0.3, 0.4) is 0 Å². The minimum atomic E-state index is -0.504. The van der Waals surface area contributed by atoms with Crippen LogP contribution in [0.1, 0.15) is 17.3 Å². The van der Waals surface area contributed by atoms with Gasteiger partial charge in [-0.2, -0.15) is 0 Å². The zero-order valence-electron chi connectivity index (χ0n) is 10.7. The van der Waals surface area contributed by atoms with E-state index in [4.69, 9.17) is 32.7 Å². The van der Waals surface area contributed by atoms with Crippen molar-refractivity contribution < 1.29 is 14.3 Å². The molecular weight excluding hydrogens is 299 g/mol. The van der Waals surface area contributed by atoms with Crippen molar-refractivity contribution in [2.75, 3.05) is 6.61 Å². The summed E-state index contributed by atoms with van der Waals surface area (Å²) >= 11 is 11.7. The third-order valence-electron chi connectivity index (χ3n) is 2.48. The van der Waals surface area contributed by atoms with Crippen LogP contribution in [0.15, 0.2) is 42.5 Å². The minimum absolute atomic E-state index is 0.267. The van der Waals surface area contributed by atoms with E-state index < -0.39 is 5.97 Å². The highest BCUT2D eigenvalue weighted by Crippen LogP contribution is 2.28. The number of halogens is 2. The van der Waals surface area contributed by atoms with Gasteiger partial charge in [0.05, 0.1) is 17.2 Å². The number of carbonyl (C=O) groups excluding carboxylic acids is 1. The highest BCUT2D eigenvalue weighted by atomic mass is 35.5. The summed E-state index contributed by atoms with van der Waals surface area (Å²) in [6, 6.07) is 11.4. The number of hydrogen-bond acceptors (Lipinski definition) is 3. The lowest BCUT2D eigenvalue weighted by Crippen LogP contribution is -2.09. The smallest absolute Gasteiger partial charge is 0.343 e. The molecule has 0 spiro atoms. The predicted molar refractivity (Wildman–Crippen MR) is 79.0 cm³/mol. The summed E-state index contributed by atoms with van der Waals surface area (Å²) in [5.41, 5.74) is 0.391. The first kappa shape index (κ1) is 14.7. The second-order valence-electron chi connectivity index (χ2n) is 3.93. The van der Waals surface area contributed by atoms with Gasteiger partial charge in [0.2, 0.25) is 0 Å². The Morgan fingerprint density at radius 2 is 1.95 bits per heavy atom. The molecule has 0 amide bonds. The van der Waals surface area contributed by atoms with Gasteiger partial charge < -0.3 is 9.47 Å².